The predicted octanol–water partition coefficient (Wildman–Crippen LogP) is -0.924. The van der Waals surface area contributed by atoms with Crippen LogP contribution in [0.25, 0.3) is 11.0 Å². The molecule has 1 fully saturated rings. The second-order valence-electron chi connectivity index (χ2n) is 5.97. The number of fused-ring (bicyclic) bond motifs is 1. The Morgan fingerprint density at radius 2 is 1.89 bits per heavy atom. The van der Waals surface area contributed by atoms with Gasteiger partial charge < -0.3 is 44.2 Å². The Labute approximate surface area is 152 Å². The lowest BCUT2D eigenvalue weighted by Crippen LogP contribution is -2.60. The second-order valence-corrected chi connectivity index (χ2v) is 5.97. The molecule has 0 saturated carbocycles. The van der Waals surface area contributed by atoms with E-state index in [0.717, 1.165) is 0 Å². The van der Waals surface area contributed by atoms with Crippen LogP contribution in [0.1, 0.15) is 6.92 Å². The molecule has 1 aliphatic heterocycles. The molecule has 3 rings (SSSR count). The topological polar surface area (TPSA) is 159 Å². The maximum Gasteiger partial charge on any atom is 0.383 e. The first-order chi connectivity index (χ1) is 12.9. The van der Waals surface area contributed by atoms with Crippen molar-refractivity contribution in [1.82, 2.24) is 0 Å². The van der Waals surface area contributed by atoms with E-state index in [9.17, 15) is 30.3 Å². The Morgan fingerprint density at radius 3 is 2.56 bits per heavy atom. The van der Waals surface area contributed by atoms with Crippen LogP contribution in [-0.2, 0) is 4.74 Å². The van der Waals surface area contributed by atoms with Gasteiger partial charge in [-0.25, -0.2) is 4.79 Å². The Hall–Kier alpha value is -2.37. The molecule has 2 aromatic rings. The lowest BCUT2D eigenvalue weighted by molar-refractivity contribution is -0.277. The summed E-state index contributed by atoms with van der Waals surface area (Å²) in [5.74, 6) is -0.575. The van der Waals surface area contributed by atoms with Crippen LogP contribution < -0.4 is 15.1 Å². The number of ether oxygens (including phenoxy) is 3. The molecule has 10 nitrogen and oxygen atoms in total. The number of hydrogen-bond donors (Lipinski definition) is 5. The Kier molecular flexibility index (Phi) is 5.53. The zero-order valence-corrected chi connectivity index (χ0v) is 14.3. The highest BCUT2D eigenvalue weighted by atomic mass is 16.7. The van der Waals surface area contributed by atoms with Gasteiger partial charge >= 0.3 is 5.63 Å². The highest BCUT2D eigenvalue weighted by Gasteiger charge is 2.44. The first kappa shape index (κ1) is 19.4. The highest BCUT2D eigenvalue weighted by molar-refractivity contribution is 5.86. The Morgan fingerprint density at radius 1 is 1.15 bits per heavy atom. The number of aliphatic hydroxyl groups is 4. The number of hydrogen-bond acceptors (Lipinski definition) is 10. The van der Waals surface area contributed by atoms with Crippen molar-refractivity contribution in [3.8, 4) is 17.2 Å². The second kappa shape index (κ2) is 7.71. The zero-order valence-electron chi connectivity index (χ0n) is 14.3. The van der Waals surface area contributed by atoms with Crippen LogP contribution in [-0.4, -0.2) is 69.5 Å². The molecule has 0 bridgehead atoms. The summed E-state index contributed by atoms with van der Waals surface area (Å²) in [5, 5.41) is 49.1. The standard InChI is InChI=1S/C17H20O10/c1-2-24-15-11(19)8-4-3-7(5-9(8)26-16(15)23)25-17-14(22)13(21)12(20)10(6-18)27-17/h3-5,10,12-14,17-22H,2,6H2,1H3/t10-,12-,13+,14+,17+/m1/s1. The molecular weight excluding hydrogens is 364 g/mol. The van der Waals surface area contributed by atoms with E-state index in [4.69, 9.17) is 18.6 Å². The Balaban J connectivity index is 1.89. The van der Waals surface area contributed by atoms with Crippen LogP contribution in [0.3, 0.4) is 0 Å². The minimum Gasteiger partial charge on any atom is -0.504 e. The van der Waals surface area contributed by atoms with Crippen LogP contribution in [0.15, 0.2) is 27.4 Å². The van der Waals surface area contributed by atoms with E-state index in [1.807, 2.05) is 0 Å². The molecular formula is C17H20O10. The minimum absolute atomic E-state index is 0.00282. The molecule has 0 radical (unpaired) electrons. The summed E-state index contributed by atoms with van der Waals surface area (Å²) >= 11 is 0. The lowest BCUT2D eigenvalue weighted by Gasteiger charge is -2.39. The molecule has 148 valence electrons. The molecule has 2 heterocycles. The summed E-state index contributed by atoms with van der Waals surface area (Å²) in [6.07, 6.45) is -7.18. The van der Waals surface area contributed by atoms with E-state index in [-0.39, 0.29) is 34.8 Å². The molecule has 10 heteroatoms. The van der Waals surface area contributed by atoms with Crippen LogP contribution in [0.2, 0.25) is 0 Å². The number of aliphatic hydroxyl groups excluding tert-OH is 4. The van der Waals surface area contributed by atoms with Crippen molar-refractivity contribution in [3.63, 3.8) is 0 Å². The van der Waals surface area contributed by atoms with E-state index >= 15 is 0 Å². The number of aromatic hydroxyl groups is 1. The summed E-state index contributed by atoms with van der Waals surface area (Å²) in [7, 11) is 0. The average Bonchev–Trinajstić information content (AvgIpc) is 2.65. The fourth-order valence-electron chi connectivity index (χ4n) is 2.79. The van der Waals surface area contributed by atoms with Gasteiger partial charge in [-0.2, -0.15) is 0 Å². The van der Waals surface area contributed by atoms with E-state index in [1.165, 1.54) is 18.2 Å². The average molecular weight is 384 g/mol. The summed E-state index contributed by atoms with van der Waals surface area (Å²) in [6, 6.07) is 4.11. The number of rotatable bonds is 5. The molecule has 1 aromatic carbocycles. The van der Waals surface area contributed by atoms with Crippen molar-refractivity contribution in [2.75, 3.05) is 13.2 Å². The van der Waals surface area contributed by atoms with E-state index < -0.39 is 42.9 Å². The van der Waals surface area contributed by atoms with Crippen molar-refractivity contribution in [1.29, 1.82) is 0 Å². The van der Waals surface area contributed by atoms with Gasteiger partial charge in [0.2, 0.25) is 12.0 Å². The minimum atomic E-state index is -1.59. The van der Waals surface area contributed by atoms with E-state index in [1.54, 1.807) is 6.92 Å². The van der Waals surface area contributed by atoms with Crippen molar-refractivity contribution < 1.29 is 44.2 Å². The molecule has 0 amide bonds. The SMILES string of the molecule is CCOc1c(O)c2ccc(O[C@H]3O[C@H](CO)[C@@H](O)[C@H](O)[C@@H]3O)cc2oc1=O. The zero-order chi connectivity index (χ0) is 19.7. The quantitative estimate of drug-likeness (QED) is 0.408. The van der Waals surface area contributed by atoms with Crippen molar-refractivity contribution in [3.05, 3.63) is 28.6 Å². The van der Waals surface area contributed by atoms with Crippen LogP contribution in [0.5, 0.6) is 17.2 Å². The maximum atomic E-state index is 11.9. The van der Waals surface area contributed by atoms with Gasteiger partial charge in [0.1, 0.15) is 35.7 Å². The van der Waals surface area contributed by atoms with Crippen molar-refractivity contribution in [2.45, 2.75) is 37.6 Å². The third kappa shape index (κ3) is 3.57. The van der Waals surface area contributed by atoms with Crippen molar-refractivity contribution >= 4 is 11.0 Å². The molecule has 1 aromatic heterocycles. The summed E-state index contributed by atoms with van der Waals surface area (Å²) in [6.45, 7) is 1.23. The van der Waals surface area contributed by atoms with Gasteiger partial charge in [0.25, 0.3) is 0 Å². The lowest BCUT2D eigenvalue weighted by atomic mass is 9.99. The fourth-order valence-corrected chi connectivity index (χ4v) is 2.79. The van der Waals surface area contributed by atoms with Gasteiger partial charge in [-0.15, -0.1) is 0 Å². The molecule has 0 unspecified atom stereocenters. The third-order valence-electron chi connectivity index (χ3n) is 4.20. The smallest absolute Gasteiger partial charge is 0.383 e. The van der Waals surface area contributed by atoms with Crippen LogP contribution >= 0.6 is 0 Å². The summed E-state index contributed by atoms with van der Waals surface area (Å²) < 4.78 is 20.9. The molecule has 5 atom stereocenters. The molecule has 27 heavy (non-hydrogen) atoms. The molecule has 0 spiro atoms. The normalized spacial score (nSPS) is 28.3. The van der Waals surface area contributed by atoms with E-state index in [2.05, 4.69) is 0 Å². The fraction of sp³-hybridized carbons (Fsp3) is 0.471. The molecule has 5 N–H and O–H groups in total. The molecule has 1 aliphatic rings. The summed E-state index contributed by atoms with van der Waals surface area (Å²) in [4.78, 5) is 11.9. The van der Waals surface area contributed by atoms with E-state index in [0.29, 0.717) is 0 Å². The van der Waals surface area contributed by atoms with Gasteiger partial charge in [-0.05, 0) is 19.1 Å². The van der Waals surface area contributed by atoms with Crippen molar-refractivity contribution in [2.24, 2.45) is 0 Å². The van der Waals surface area contributed by atoms with Gasteiger partial charge in [-0.1, -0.05) is 0 Å². The molecule has 1 saturated heterocycles. The monoisotopic (exact) mass is 384 g/mol. The highest BCUT2D eigenvalue weighted by Crippen LogP contribution is 2.34. The van der Waals surface area contributed by atoms with Crippen LogP contribution in [0, 0.1) is 0 Å². The summed E-state index contributed by atoms with van der Waals surface area (Å²) in [5.41, 5.74) is -0.866. The Bertz CT molecular complexity index is 861. The third-order valence-corrected chi connectivity index (χ3v) is 4.20. The predicted molar refractivity (Wildman–Crippen MR) is 89.7 cm³/mol. The van der Waals surface area contributed by atoms with Crippen LogP contribution in [0.4, 0.5) is 0 Å². The van der Waals surface area contributed by atoms with Gasteiger partial charge in [0.15, 0.2) is 5.75 Å². The first-order valence-electron chi connectivity index (χ1n) is 8.27. The molecule has 0 aliphatic carbocycles. The van der Waals surface area contributed by atoms with Gasteiger partial charge in [0, 0.05) is 6.07 Å². The van der Waals surface area contributed by atoms with Gasteiger partial charge in [0.05, 0.1) is 18.6 Å². The first-order valence-corrected chi connectivity index (χ1v) is 8.27. The largest absolute Gasteiger partial charge is 0.504 e. The number of benzene rings is 1. The van der Waals surface area contributed by atoms with Gasteiger partial charge in [-0.3, -0.25) is 0 Å². The maximum absolute atomic E-state index is 11.9.